The summed E-state index contributed by atoms with van der Waals surface area (Å²) in [4.78, 5) is 148. The number of methoxy groups -OCH3 is 1. The van der Waals surface area contributed by atoms with Gasteiger partial charge in [0, 0.05) is 90.2 Å². The topological polar surface area (TPSA) is 332 Å². The second kappa shape index (κ2) is 58.2. The molecular weight excluding hydrogens is 1300 g/mol. The summed E-state index contributed by atoms with van der Waals surface area (Å²) in [6.45, 7) is 32.5. The van der Waals surface area contributed by atoms with Gasteiger partial charge in [-0.2, -0.15) is 0 Å². The van der Waals surface area contributed by atoms with Gasteiger partial charge in [-0.1, -0.05) is 102 Å². The summed E-state index contributed by atoms with van der Waals surface area (Å²) in [6, 6.07) is 17.2. The largest absolute Gasteiger partial charge is 0.460 e. The van der Waals surface area contributed by atoms with Crippen molar-refractivity contribution in [1.82, 2.24) is 31.9 Å². The molecule has 572 valence electrons. The molecule has 0 heterocycles. The van der Waals surface area contributed by atoms with Gasteiger partial charge in [-0.15, -0.1) is 13.2 Å². The zero-order chi connectivity index (χ0) is 76.6. The Morgan fingerprint density at radius 2 is 0.891 bits per heavy atom. The molecule has 2 aromatic rings. The molecule has 24 nitrogen and oxygen atoms in total. The molecule has 0 aliphatic heterocycles. The van der Waals surface area contributed by atoms with Crippen LogP contribution in [0.3, 0.4) is 0 Å². The molecule has 24 heteroatoms. The fourth-order valence-corrected chi connectivity index (χ4v) is 9.54. The fraction of sp³-hybridized carbons (Fsp3) is 0.662. The average Bonchev–Trinajstić information content (AvgIpc) is 1.63. The molecule has 4 atom stereocenters. The molecule has 0 aliphatic rings. The van der Waals surface area contributed by atoms with Crippen molar-refractivity contribution >= 4 is 70.4 Å². The van der Waals surface area contributed by atoms with Crippen molar-refractivity contribution in [3.05, 3.63) is 84.9 Å². The molecule has 101 heavy (non-hydrogen) atoms. The average molecular weight is 1420 g/mol. The number of hydrogen-bond donors (Lipinski definition) is 6. The van der Waals surface area contributed by atoms with E-state index in [0.29, 0.717) is 104 Å². The Hall–Kier alpha value is -7.38. The van der Waals surface area contributed by atoms with Crippen molar-refractivity contribution in [3.8, 4) is 0 Å². The molecule has 2 aromatic carbocycles. The lowest BCUT2D eigenvalue weighted by Gasteiger charge is -2.23. The van der Waals surface area contributed by atoms with E-state index >= 15 is 0 Å². The van der Waals surface area contributed by atoms with Crippen LogP contribution in [0.15, 0.2) is 73.8 Å². The van der Waals surface area contributed by atoms with Crippen molar-refractivity contribution in [1.29, 1.82) is 0 Å². The number of Topliss-reactive ketones (excluding diaryl/α,β-unsaturated/α-hetero) is 5. The first-order valence-corrected chi connectivity index (χ1v) is 35.6. The Labute approximate surface area is 602 Å². The smallest absolute Gasteiger partial charge is 0.308 e. The van der Waals surface area contributed by atoms with E-state index in [4.69, 9.17) is 28.4 Å². The van der Waals surface area contributed by atoms with Crippen LogP contribution in [0.25, 0.3) is 0 Å². The number of amides is 5. The molecule has 0 saturated heterocycles. The SMILES string of the molecule is C=C.CCCCNC(=O)CCC(=O)C(CC(C)C)NC(=O)C(CC(=O)CNC(=O)CC(C)=O)Cc1ccccc1.CNCC(=O)CC(Cc1ccccc1)C(=O)NC(CC(C)C)C(=O)CCC(=O)NCCCOCCOCCCCC(=O)OC(C)(C)C.COCCOCCC(=O)OC(C)(C)C. The minimum absolute atomic E-state index is 0.0111. The van der Waals surface area contributed by atoms with Crippen LogP contribution in [0.2, 0.25) is 0 Å². The first-order chi connectivity index (χ1) is 47.8. The van der Waals surface area contributed by atoms with Gasteiger partial charge in [-0.25, -0.2) is 0 Å². The third-order valence-corrected chi connectivity index (χ3v) is 14.3. The maximum Gasteiger partial charge on any atom is 0.308 e. The van der Waals surface area contributed by atoms with Crippen LogP contribution < -0.4 is 31.9 Å². The van der Waals surface area contributed by atoms with E-state index in [2.05, 4.69) is 45.1 Å². The fourth-order valence-electron chi connectivity index (χ4n) is 9.54. The maximum absolute atomic E-state index is 13.4. The molecule has 4 unspecified atom stereocenters. The summed E-state index contributed by atoms with van der Waals surface area (Å²) >= 11 is 0. The lowest BCUT2D eigenvalue weighted by atomic mass is 9.91. The van der Waals surface area contributed by atoms with E-state index in [1.807, 2.05) is 137 Å². The Kier molecular flexibility index (Phi) is 55.1. The van der Waals surface area contributed by atoms with E-state index in [1.54, 1.807) is 14.2 Å². The molecule has 0 spiro atoms. The second-order valence-corrected chi connectivity index (χ2v) is 27.4. The van der Waals surface area contributed by atoms with Gasteiger partial charge < -0.3 is 60.3 Å². The van der Waals surface area contributed by atoms with E-state index in [0.717, 1.165) is 30.4 Å². The number of esters is 2. The monoisotopic (exact) mass is 1420 g/mol. The standard InChI is InChI=1S/C36H59N3O8.C29H43N3O6.C10H20O4.C2H4/c1-27(2)23-31(39-35(44)29(25-30(40)26-37-6)24-28-13-8-7-9-14-28)32(41)16-17-33(42)38-18-12-20-46-22-21-45-19-11-10-15-34(43)47-36(3,4)5;1-5-6-14-30-27(36)13-12-26(35)25(15-20(2)3)32-29(38)23(17-22-10-8-7-9-11-22)18-24(34)19-31-28(37)16-21(4)33;1-10(2,3)14-9(11)5-6-13-8-7-12-4;1-2/h7-9,13-14,27,29,31,37H,10-12,15-26H2,1-6H3,(H,38,42)(H,39,44);7-11,20,23,25H,5-6,12-19H2,1-4H3,(H,30,36)(H,31,37)(H,32,38);5-8H2,1-4H3;1-2H2. The van der Waals surface area contributed by atoms with Gasteiger partial charge >= 0.3 is 11.9 Å². The quantitative estimate of drug-likeness (QED) is 0.0156. The van der Waals surface area contributed by atoms with Crippen LogP contribution in [0.1, 0.15) is 197 Å². The van der Waals surface area contributed by atoms with Gasteiger partial charge in [-0.3, -0.25) is 57.5 Å². The zero-order valence-electron chi connectivity index (χ0n) is 63.5. The van der Waals surface area contributed by atoms with E-state index in [9.17, 15) is 57.5 Å². The number of hydrogen-bond acceptors (Lipinski definition) is 19. The number of ether oxygens (including phenoxy) is 6. The van der Waals surface area contributed by atoms with Gasteiger partial charge in [0.15, 0.2) is 17.3 Å². The number of nitrogens with one attached hydrogen (secondary N) is 6. The molecule has 0 radical (unpaired) electrons. The number of carbonyl (C=O) groups excluding carboxylic acids is 12. The lowest BCUT2D eigenvalue weighted by Crippen LogP contribution is -2.46. The summed E-state index contributed by atoms with van der Waals surface area (Å²) in [5, 5.41) is 16.6. The van der Waals surface area contributed by atoms with Gasteiger partial charge in [0.05, 0.1) is 71.0 Å². The van der Waals surface area contributed by atoms with Crippen LogP contribution in [0.5, 0.6) is 0 Å². The van der Waals surface area contributed by atoms with Crippen molar-refractivity contribution in [3.63, 3.8) is 0 Å². The molecule has 6 N–H and O–H groups in total. The van der Waals surface area contributed by atoms with Gasteiger partial charge in [-0.05, 0) is 130 Å². The minimum atomic E-state index is -0.769. The molecule has 2 rings (SSSR count). The van der Waals surface area contributed by atoms with Crippen LogP contribution in [0, 0.1) is 23.7 Å². The number of benzene rings is 2. The minimum Gasteiger partial charge on any atom is -0.460 e. The Balaban J connectivity index is 0. The molecule has 0 aromatic heterocycles. The molecular formula is C77H126N6O18. The van der Waals surface area contributed by atoms with Gasteiger partial charge in [0.1, 0.15) is 22.8 Å². The molecule has 5 amide bonds. The van der Waals surface area contributed by atoms with Crippen molar-refractivity contribution in [2.24, 2.45) is 23.7 Å². The molecule has 0 saturated carbocycles. The number of likely N-dealkylation sites (N-methyl/N-ethyl adjacent to an activating group) is 1. The van der Waals surface area contributed by atoms with Crippen LogP contribution in [0.4, 0.5) is 0 Å². The van der Waals surface area contributed by atoms with E-state index in [1.165, 1.54) is 6.92 Å². The Morgan fingerprint density at radius 3 is 1.31 bits per heavy atom. The van der Waals surface area contributed by atoms with Crippen molar-refractivity contribution in [2.75, 3.05) is 86.6 Å². The first-order valence-electron chi connectivity index (χ1n) is 35.6. The lowest BCUT2D eigenvalue weighted by molar-refractivity contribution is -0.156. The zero-order valence-corrected chi connectivity index (χ0v) is 63.5. The summed E-state index contributed by atoms with van der Waals surface area (Å²) in [5.41, 5.74) is 0.922. The predicted octanol–water partition coefficient (Wildman–Crippen LogP) is 8.84. The highest BCUT2D eigenvalue weighted by Gasteiger charge is 2.31. The third-order valence-electron chi connectivity index (χ3n) is 14.3. The summed E-state index contributed by atoms with van der Waals surface area (Å²) in [5.74, 6) is -4.41. The number of unbranched alkanes of at least 4 members (excludes halogenated alkanes) is 2. The highest BCUT2D eigenvalue weighted by Crippen LogP contribution is 2.19. The van der Waals surface area contributed by atoms with E-state index in [-0.39, 0.29) is 135 Å². The Morgan fingerprint density at radius 1 is 0.475 bits per heavy atom. The van der Waals surface area contributed by atoms with Crippen LogP contribution in [-0.4, -0.2) is 180 Å². The third kappa shape index (κ3) is 56.9. The number of ketones is 5. The normalized spacial score (nSPS) is 12.2. The van der Waals surface area contributed by atoms with Crippen molar-refractivity contribution < 1.29 is 86.0 Å². The van der Waals surface area contributed by atoms with Gasteiger partial charge in [0.25, 0.3) is 0 Å². The van der Waals surface area contributed by atoms with Crippen LogP contribution in [-0.2, 0) is 98.8 Å². The Bertz CT molecular complexity index is 2700. The van der Waals surface area contributed by atoms with Crippen molar-refractivity contribution in [2.45, 2.75) is 222 Å². The summed E-state index contributed by atoms with van der Waals surface area (Å²) in [7, 11) is 3.29. The molecule has 0 bridgehead atoms. The first kappa shape index (κ1) is 95.7. The molecule has 0 aliphatic carbocycles. The highest BCUT2D eigenvalue weighted by atomic mass is 16.6. The predicted molar refractivity (Wildman–Crippen MR) is 391 cm³/mol. The maximum atomic E-state index is 13.4. The second-order valence-electron chi connectivity index (χ2n) is 27.4. The van der Waals surface area contributed by atoms with Crippen LogP contribution >= 0.6 is 0 Å². The van der Waals surface area contributed by atoms with E-state index < -0.39 is 46.9 Å². The number of rotatable bonds is 51. The highest BCUT2D eigenvalue weighted by molar-refractivity contribution is 5.99. The summed E-state index contributed by atoms with van der Waals surface area (Å²) < 4.78 is 31.4. The van der Waals surface area contributed by atoms with Gasteiger partial charge in [0.2, 0.25) is 29.5 Å². The summed E-state index contributed by atoms with van der Waals surface area (Å²) in [6.07, 6.45) is 5.86. The number of carbonyl (C=O) groups is 12. The molecule has 0 fully saturated rings.